The molecular formula is C48H34N2. The Morgan fingerprint density at radius 2 is 0.900 bits per heavy atom. The zero-order valence-corrected chi connectivity index (χ0v) is 27.5. The minimum atomic E-state index is -0.143. The van der Waals surface area contributed by atoms with E-state index < -0.39 is 0 Å². The average molecular weight is 639 g/mol. The number of fused-ring (bicyclic) bond motifs is 7. The Morgan fingerprint density at radius 1 is 0.360 bits per heavy atom. The maximum Gasteiger partial charge on any atom is 0.105 e. The van der Waals surface area contributed by atoms with E-state index in [0.29, 0.717) is 0 Å². The summed E-state index contributed by atoms with van der Waals surface area (Å²) in [6.07, 6.45) is 2.22. The van der Waals surface area contributed by atoms with Gasteiger partial charge in [-0.1, -0.05) is 164 Å². The summed E-state index contributed by atoms with van der Waals surface area (Å²) in [5, 5.41) is 20.7. The fourth-order valence-corrected chi connectivity index (χ4v) is 8.03. The van der Waals surface area contributed by atoms with Crippen molar-refractivity contribution in [1.29, 1.82) is 0 Å². The van der Waals surface area contributed by atoms with E-state index in [4.69, 9.17) is 0 Å². The fraction of sp³-hybridized carbons (Fsp3) is 0.0417. The molecule has 236 valence electrons. The predicted molar refractivity (Wildman–Crippen MR) is 212 cm³/mol. The molecule has 10 rings (SSSR count). The van der Waals surface area contributed by atoms with Crippen molar-refractivity contribution in [3.8, 4) is 11.1 Å². The van der Waals surface area contributed by atoms with Crippen LogP contribution in [0.1, 0.15) is 28.9 Å². The molecule has 2 unspecified atom stereocenters. The molecule has 0 fully saturated rings. The van der Waals surface area contributed by atoms with E-state index in [2.05, 4.69) is 193 Å². The standard InChI is InChI=1S/C48H34N2/c1-2-10-31(11-3-1)32-18-21-35(22-19-32)45-30-46(38-25-26-41-37(28-38)23-20-33-12-4-7-15-39(33)41)50-48(49-45)47-42-17-9-6-14-36(42)29-44-40-16-8-5-13-34(40)24-27-43(44)47/h1-30,45,48-50H. The van der Waals surface area contributed by atoms with Gasteiger partial charge < -0.3 is 5.32 Å². The highest BCUT2D eigenvalue weighted by atomic mass is 15.2. The first-order valence-electron chi connectivity index (χ1n) is 17.4. The molecule has 2 heteroatoms. The second-order valence-electron chi connectivity index (χ2n) is 13.4. The van der Waals surface area contributed by atoms with E-state index in [1.54, 1.807) is 0 Å². The lowest BCUT2D eigenvalue weighted by Crippen LogP contribution is -2.39. The van der Waals surface area contributed by atoms with Gasteiger partial charge in [-0.05, 0) is 94.3 Å². The Hall–Kier alpha value is -6.22. The maximum absolute atomic E-state index is 4.05. The zero-order valence-electron chi connectivity index (χ0n) is 27.5. The molecule has 0 aromatic heterocycles. The molecular weight excluding hydrogens is 605 g/mol. The molecule has 1 heterocycles. The average Bonchev–Trinajstić information content (AvgIpc) is 3.20. The zero-order chi connectivity index (χ0) is 33.0. The summed E-state index contributed by atoms with van der Waals surface area (Å²) in [4.78, 5) is 0. The second-order valence-corrected chi connectivity index (χ2v) is 13.4. The van der Waals surface area contributed by atoms with E-state index in [9.17, 15) is 0 Å². The Balaban J connectivity index is 1.15. The predicted octanol–water partition coefficient (Wildman–Crippen LogP) is 12.1. The van der Waals surface area contributed by atoms with Gasteiger partial charge in [-0.3, -0.25) is 5.32 Å². The van der Waals surface area contributed by atoms with Gasteiger partial charge in [-0.2, -0.15) is 0 Å². The molecule has 1 aliphatic rings. The summed E-state index contributed by atoms with van der Waals surface area (Å²) < 4.78 is 0. The van der Waals surface area contributed by atoms with Crippen LogP contribution < -0.4 is 10.6 Å². The van der Waals surface area contributed by atoms with Gasteiger partial charge in [0.1, 0.15) is 6.17 Å². The third-order valence-electron chi connectivity index (χ3n) is 10.5. The molecule has 50 heavy (non-hydrogen) atoms. The second kappa shape index (κ2) is 11.7. The minimum absolute atomic E-state index is 0.0113. The van der Waals surface area contributed by atoms with Gasteiger partial charge in [0, 0.05) is 11.3 Å². The molecule has 2 atom stereocenters. The van der Waals surface area contributed by atoms with Gasteiger partial charge in [-0.15, -0.1) is 0 Å². The van der Waals surface area contributed by atoms with Gasteiger partial charge in [0.05, 0.1) is 6.04 Å². The van der Waals surface area contributed by atoms with Crippen molar-refractivity contribution in [1.82, 2.24) is 10.6 Å². The first-order chi connectivity index (χ1) is 24.8. The molecule has 2 nitrogen and oxygen atoms in total. The normalized spacial score (nSPS) is 16.2. The highest BCUT2D eigenvalue weighted by molar-refractivity contribution is 6.14. The van der Waals surface area contributed by atoms with Gasteiger partial charge >= 0.3 is 0 Å². The van der Waals surface area contributed by atoms with Crippen LogP contribution >= 0.6 is 0 Å². The first-order valence-corrected chi connectivity index (χ1v) is 17.4. The number of benzene rings is 9. The molecule has 0 spiro atoms. The summed E-state index contributed by atoms with van der Waals surface area (Å²) in [6.45, 7) is 0. The van der Waals surface area contributed by atoms with Gasteiger partial charge in [0.15, 0.2) is 0 Å². The van der Waals surface area contributed by atoms with Crippen LogP contribution in [0.15, 0.2) is 182 Å². The molecule has 0 aliphatic carbocycles. The number of hydrogen-bond donors (Lipinski definition) is 2. The first kappa shape index (κ1) is 28.8. The lowest BCUT2D eigenvalue weighted by atomic mass is 9.90. The van der Waals surface area contributed by atoms with E-state index in [1.165, 1.54) is 81.7 Å². The van der Waals surface area contributed by atoms with Gasteiger partial charge in [0.2, 0.25) is 0 Å². The van der Waals surface area contributed by atoms with Crippen LogP contribution in [0.3, 0.4) is 0 Å². The summed E-state index contributed by atoms with van der Waals surface area (Å²) >= 11 is 0. The van der Waals surface area contributed by atoms with Gasteiger partial charge in [0.25, 0.3) is 0 Å². The van der Waals surface area contributed by atoms with Crippen LogP contribution in [0.4, 0.5) is 0 Å². The topological polar surface area (TPSA) is 24.1 Å². The van der Waals surface area contributed by atoms with Crippen molar-refractivity contribution < 1.29 is 0 Å². The highest BCUT2D eigenvalue weighted by Crippen LogP contribution is 2.40. The lowest BCUT2D eigenvalue weighted by Gasteiger charge is -2.34. The van der Waals surface area contributed by atoms with Crippen molar-refractivity contribution in [2.24, 2.45) is 0 Å². The maximum atomic E-state index is 4.05. The number of nitrogens with one attached hydrogen (secondary N) is 2. The SMILES string of the molecule is C1=C(c2ccc3c(ccc4ccccc43)c2)NC(c2c3ccccc3cc3c2ccc2ccccc23)NC1c1ccc(-c2ccccc2)cc1. The highest BCUT2D eigenvalue weighted by Gasteiger charge is 2.27. The molecule has 0 saturated carbocycles. The molecule has 9 aromatic carbocycles. The van der Waals surface area contributed by atoms with Crippen molar-refractivity contribution in [3.63, 3.8) is 0 Å². The van der Waals surface area contributed by atoms with Crippen LogP contribution in [0, 0.1) is 0 Å². The van der Waals surface area contributed by atoms with Crippen molar-refractivity contribution in [2.75, 3.05) is 0 Å². The molecule has 0 saturated heterocycles. The molecule has 0 radical (unpaired) electrons. The lowest BCUT2D eigenvalue weighted by molar-refractivity contribution is 0.447. The largest absolute Gasteiger partial charge is 0.366 e. The Bertz CT molecular complexity index is 2760. The monoisotopic (exact) mass is 638 g/mol. The summed E-state index contributed by atoms with van der Waals surface area (Å²) in [6, 6.07) is 64.2. The van der Waals surface area contributed by atoms with Crippen LogP contribution in [0.2, 0.25) is 0 Å². The van der Waals surface area contributed by atoms with E-state index in [0.717, 1.165) is 5.70 Å². The Morgan fingerprint density at radius 3 is 1.68 bits per heavy atom. The van der Waals surface area contributed by atoms with Crippen molar-refractivity contribution >= 4 is 59.6 Å². The van der Waals surface area contributed by atoms with Crippen LogP contribution in [-0.4, -0.2) is 0 Å². The Kier molecular flexibility index (Phi) is 6.75. The van der Waals surface area contributed by atoms with Crippen LogP contribution in [0.25, 0.3) is 70.7 Å². The third kappa shape index (κ3) is 4.84. The van der Waals surface area contributed by atoms with Crippen molar-refractivity contribution in [2.45, 2.75) is 12.2 Å². The Labute approximate surface area is 291 Å². The molecule has 2 N–H and O–H groups in total. The molecule has 1 aliphatic heterocycles. The smallest absolute Gasteiger partial charge is 0.105 e. The summed E-state index contributed by atoms with van der Waals surface area (Å²) in [5.41, 5.74) is 7.26. The van der Waals surface area contributed by atoms with E-state index in [1.807, 2.05) is 0 Å². The van der Waals surface area contributed by atoms with Crippen LogP contribution in [0.5, 0.6) is 0 Å². The molecule has 0 amide bonds. The summed E-state index contributed by atoms with van der Waals surface area (Å²) in [7, 11) is 0. The third-order valence-corrected chi connectivity index (χ3v) is 10.5. The van der Waals surface area contributed by atoms with Gasteiger partial charge in [-0.25, -0.2) is 0 Å². The fourth-order valence-electron chi connectivity index (χ4n) is 8.03. The van der Waals surface area contributed by atoms with Crippen molar-refractivity contribution in [3.05, 3.63) is 199 Å². The minimum Gasteiger partial charge on any atom is -0.366 e. The number of hydrogen-bond acceptors (Lipinski definition) is 2. The molecule has 9 aromatic rings. The quantitative estimate of drug-likeness (QED) is 0.148. The van der Waals surface area contributed by atoms with E-state index >= 15 is 0 Å². The number of rotatable bonds is 4. The van der Waals surface area contributed by atoms with Crippen LogP contribution in [-0.2, 0) is 0 Å². The van der Waals surface area contributed by atoms with E-state index in [-0.39, 0.29) is 12.2 Å². The molecule has 0 bridgehead atoms. The summed E-state index contributed by atoms with van der Waals surface area (Å²) in [5.74, 6) is 0.